The van der Waals surface area contributed by atoms with Crippen molar-refractivity contribution in [3.63, 3.8) is 0 Å². The van der Waals surface area contributed by atoms with Crippen molar-refractivity contribution in [3.05, 3.63) is 82.3 Å². The number of hydrogen-bond donors (Lipinski definition) is 2. The van der Waals surface area contributed by atoms with Crippen molar-refractivity contribution in [2.75, 3.05) is 5.32 Å². The molecule has 9 heteroatoms. The van der Waals surface area contributed by atoms with Gasteiger partial charge in [-0.3, -0.25) is 9.59 Å². The van der Waals surface area contributed by atoms with Gasteiger partial charge in [-0.25, -0.2) is 9.78 Å². The van der Waals surface area contributed by atoms with Gasteiger partial charge in [0.2, 0.25) is 0 Å². The molecule has 4 aromatic rings. The van der Waals surface area contributed by atoms with E-state index in [0.29, 0.717) is 40.1 Å². The summed E-state index contributed by atoms with van der Waals surface area (Å²) in [6, 6.07) is 12.6. The van der Waals surface area contributed by atoms with E-state index in [2.05, 4.69) is 5.32 Å². The first-order valence-corrected chi connectivity index (χ1v) is 11.9. The third kappa shape index (κ3) is 4.33. The molecule has 5 rings (SSSR count). The van der Waals surface area contributed by atoms with Crippen LogP contribution >= 0.6 is 11.3 Å². The maximum absolute atomic E-state index is 13.4. The standard InChI is InChI=1S/C26H21N3O5S/c1-14(24(31)29-25-19(23(27)30)10-12-35-25)34-26(32)21-17-6-2-3-7-20(17)28-22-15(8-9-18(21)22)13-16-5-4-11-33-16/h2-7,10-14H,8-9H2,1H3,(H2,27,30)(H,29,31)/b15-13+. The zero-order chi connectivity index (χ0) is 24.5. The van der Waals surface area contributed by atoms with Crippen LogP contribution in [0.3, 0.4) is 0 Å². The summed E-state index contributed by atoms with van der Waals surface area (Å²) < 4.78 is 11.0. The molecule has 35 heavy (non-hydrogen) atoms. The first-order chi connectivity index (χ1) is 16.9. The molecule has 1 atom stereocenters. The Kier molecular flexibility index (Phi) is 5.92. The molecule has 3 heterocycles. The largest absolute Gasteiger partial charge is 0.465 e. The van der Waals surface area contributed by atoms with E-state index in [1.54, 1.807) is 11.6 Å². The van der Waals surface area contributed by atoms with E-state index in [-0.39, 0.29) is 5.56 Å². The fraction of sp³-hybridized carbons (Fsp3) is 0.154. The van der Waals surface area contributed by atoms with Crippen LogP contribution < -0.4 is 11.1 Å². The molecular formula is C26H21N3O5S. The number of hydrogen-bond acceptors (Lipinski definition) is 7. The lowest BCUT2D eigenvalue weighted by atomic mass is 10.0. The van der Waals surface area contributed by atoms with Gasteiger partial charge in [-0.15, -0.1) is 11.3 Å². The van der Waals surface area contributed by atoms with Crippen molar-refractivity contribution in [1.29, 1.82) is 0 Å². The van der Waals surface area contributed by atoms with Crippen LogP contribution in [0.4, 0.5) is 5.00 Å². The number of carbonyl (C=O) groups excluding carboxylic acids is 3. The number of carbonyl (C=O) groups is 3. The van der Waals surface area contributed by atoms with Gasteiger partial charge in [-0.1, -0.05) is 18.2 Å². The van der Waals surface area contributed by atoms with Gasteiger partial charge >= 0.3 is 5.97 Å². The Labute approximate surface area is 204 Å². The molecule has 0 fully saturated rings. The molecule has 1 aromatic carbocycles. The minimum atomic E-state index is -1.10. The van der Waals surface area contributed by atoms with Gasteiger partial charge in [0.15, 0.2) is 6.10 Å². The number of ether oxygens (including phenoxy) is 1. The molecule has 3 N–H and O–H groups in total. The van der Waals surface area contributed by atoms with Crippen LogP contribution in [0, 0.1) is 0 Å². The van der Waals surface area contributed by atoms with Gasteiger partial charge in [0.1, 0.15) is 10.8 Å². The molecule has 8 nitrogen and oxygen atoms in total. The summed E-state index contributed by atoms with van der Waals surface area (Å²) in [5.74, 6) is -1.11. The average Bonchev–Trinajstić information content (AvgIpc) is 3.60. The van der Waals surface area contributed by atoms with Crippen LogP contribution in [0.25, 0.3) is 22.6 Å². The smallest absolute Gasteiger partial charge is 0.339 e. The zero-order valence-electron chi connectivity index (χ0n) is 18.7. The van der Waals surface area contributed by atoms with Gasteiger partial charge in [0.25, 0.3) is 11.8 Å². The van der Waals surface area contributed by atoms with Gasteiger partial charge in [-0.2, -0.15) is 0 Å². The normalized spacial score (nSPS) is 14.6. The number of nitrogens with zero attached hydrogens (tertiary/aromatic N) is 1. The molecule has 0 spiro atoms. The maximum Gasteiger partial charge on any atom is 0.339 e. The van der Waals surface area contributed by atoms with Crippen LogP contribution in [-0.4, -0.2) is 28.9 Å². The summed E-state index contributed by atoms with van der Waals surface area (Å²) in [6.45, 7) is 1.48. The quantitative estimate of drug-likeness (QED) is 0.381. The van der Waals surface area contributed by atoms with E-state index in [1.165, 1.54) is 13.0 Å². The molecule has 2 amide bonds. The SMILES string of the molecule is CC(OC(=O)c1c2c(nc3ccccc13)/C(=C/c1ccco1)CC2)C(=O)Nc1sccc1C(N)=O. The molecular weight excluding hydrogens is 466 g/mol. The van der Waals surface area contributed by atoms with Crippen LogP contribution in [0.1, 0.15) is 51.1 Å². The van der Waals surface area contributed by atoms with Crippen molar-refractivity contribution >= 4 is 56.7 Å². The highest BCUT2D eigenvalue weighted by atomic mass is 32.1. The highest BCUT2D eigenvalue weighted by Gasteiger charge is 2.30. The van der Waals surface area contributed by atoms with Crippen LogP contribution in [-0.2, 0) is 16.0 Å². The minimum Gasteiger partial charge on any atom is -0.465 e. The van der Waals surface area contributed by atoms with Gasteiger partial charge in [-0.05, 0) is 66.6 Å². The number of furan rings is 1. The fourth-order valence-corrected chi connectivity index (χ4v) is 4.94. The second-order valence-electron chi connectivity index (χ2n) is 8.08. The third-order valence-corrected chi connectivity index (χ3v) is 6.66. The van der Waals surface area contributed by atoms with Crippen molar-refractivity contribution in [2.45, 2.75) is 25.9 Å². The predicted molar refractivity (Wildman–Crippen MR) is 133 cm³/mol. The Balaban J connectivity index is 1.45. The third-order valence-electron chi connectivity index (χ3n) is 5.83. The number of primary amides is 1. The Hall–Kier alpha value is -4.24. The second-order valence-corrected chi connectivity index (χ2v) is 9.00. The number of pyridine rings is 1. The summed E-state index contributed by atoms with van der Waals surface area (Å²) in [5.41, 5.74) is 9.09. The molecule has 3 aromatic heterocycles. The Bertz CT molecular complexity index is 1490. The van der Waals surface area contributed by atoms with E-state index in [4.69, 9.17) is 19.9 Å². The first kappa shape index (κ1) is 22.5. The number of fused-ring (bicyclic) bond motifs is 2. The lowest BCUT2D eigenvalue weighted by Crippen LogP contribution is -2.30. The summed E-state index contributed by atoms with van der Waals surface area (Å²) >= 11 is 1.16. The Morgan fingerprint density at radius 3 is 2.77 bits per heavy atom. The van der Waals surface area contributed by atoms with Crippen molar-refractivity contribution < 1.29 is 23.5 Å². The fourth-order valence-electron chi connectivity index (χ4n) is 4.14. The number of aromatic nitrogens is 1. The average molecular weight is 488 g/mol. The highest BCUT2D eigenvalue weighted by Crippen LogP contribution is 2.38. The summed E-state index contributed by atoms with van der Waals surface area (Å²) in [6.07, 6.45) is 3.74. The molecule has 0 saturated heterocycles. The second kappa shape index (κ2) is 9.19. The molecule has 1 aliphatic carbocycles. The number of nitrogens with one attached hydrogen (secondary N) is 1. The van der Waals surface area contributed by atoms with Crippen molar-refractivity contribution in [3.8, 4) is 0 Å². The Morgan fingerprint density at radius 2 is 2.00 bits per heavy atom. The molecule has 1 aliphatic rings. The first-order valence-electron chi connectivity index (χ1n) is 11.0. The zero-order valence-corrected chi connectivity index (χ0v) is 19.6. The van der Waals surface area contributed by atoms with Crippen LogP contribution in [0.5, 0.6) is 0 Å². The number of benzene rings is 1. The van der Waals surface area contributed by atoms with Crippen LogP contribution in [0.2, 0.25) is 0 Å². The Morgan fingerprint density at radius 1 is 1.17 bits per heavy atom. The van der Waals surface area contributed by atoms with E-state index in [0.717, 1.165) is 28.2 Å². The molecule has 0 radical (unpaired) electrons. The number of nitrogens with two attached hydrogens (primary N) is 1. The van der Waals surface area contributed by atoms with E-state index < -0.39 is 23.9 Å². The highest BCUT2D eigenvalue weighted by molar-refractivity contribution is 7.14. The summed E-state index contributed by atoms with van der Waals surface area (Å²) in [7, 11) is 0. The number of allylic oxidation sites excluding steroid dienone is 1. The molecule has 1 unspecified atom stereocenters. The number of anilines is 1. The van der Waals surface area contributed by atoms with E-state index >= 15 is 0 Å². The number of esters is 1. The minimum absolute atomic E-state index is 0.204. The monoisotopic (exact) mass is 487 g/mol. The lowest BCUT2D eigenvalue weighted by Gasteiger charge is -2.16. The number of para-hydroxylation sites is 1. The summed E-state index contributed by atoms with van der Waals surface area (Å²) in [5, 5.41) is 5.24. The van der Waals surface area contributed by atoms with E-state index in [1.807, 2.05) is 42.5 Å². The molecule has 0 aliphatic heterocycles. The van der Waals surface area contributed by atoms with Crippen LogP contribution in [0.15, 0.2) is 58.5 Å². The number of thiophene rings is 1. The number of amides is 2. The van der Waals surface area contributed by atoms with Gasteiger partial charge in [0, 0.05) is 5.39 Å². The topological polar surface area (TPSA) is 125 Å². The van der Waals surface area contributed by atoms with Gasteiger partial charge < -0.3 is 20.2 Å². The lowest BCUT2D eigenvalue weighted by molar-refractivity contribution is -0.123. The maximum atomic E-state index is 13.4. The van der Waals surface area contributed by atoms with Gasteiger partial charge in [0.05, 0.1) is 28.6 Å². The molecule has 0 bridgehead atoms. The molecule has 176 valence electrons. The predicted octanol–water partition coefficient (Wildman–Crippen LogP) is 4.66. The van der Waals surface area contributed by atoms with Crippen molar-refractivity contribution in [1.82, 2.24) is 4.98 Å². The molecule has 0 saturated carbocycles. The van der Waals surface area contributed by atoms with Crippen molar-refractivity contribution in [2.24, 2.45) is 5.73 Å². The van der Waals surface area contributed by atoms with E-state index in [9.17, 15) is 14.4 Å². The number of rotatable bonds is 6. The summed E-state index contributed by atoms with van der Waals surface area (Å²) in [4.78, 5) is 42.5.